The highest BCUT2D eigenvalue weighted by molar-refractivity contribution is 5.90. The Bertz CT molecular complexity index is 1390. The lowest BCUT2D eigenvalue weighted by Gasteiger charge is -2.29. The first-order valence-corrected chi connectivity index (χ1v) is 11.9. The number of benzene rings is 2. The van der Waals surface area contributed by atoms with E-state index in [0.29, 0.717) is 6.54 Å². The van der Waals surface area contributed by atoms with Crippen LogP contribution in [0.5, 0.6) is 0 Å². The number of amides is 1. The van der Waals surface area contributed by atoms with Crippen molar-refractivity contribution in [3.63, 3.8) is 0 Å². The topological polar surface area (TPSA) is 73.3 Å². The van der Waals surface area contributed by atoms with Crippen LogP contribution in [-0.2, 0) is 31.2 Å². The molecule has 2 aromatic heterocycles. The van der Waals surface area contributed by atoms with Gasteiger partial charge in [-0.05, 0) is 65.8 Å². The normalized spacial score (nSPS) is 15.4. The molecule has 0 fully saturated rings. The molecule has 0 aliphatic heterocycles. The maximum absolute atomic E-state index is 13.7. The molecule has 4 aromatic rings. The average molecular weight is 473 g/mol. The summed E-state index contributed by atoms with van der Waals surface area (Å²) in [6.07, 6.45) is 8.04. The van der Waals surface area contributed by atoms with Crippen LogP contribution in [0.15, 0.2) is 66.9 Å². The van der Waals surface area contributed by atoms with Crippen LogP contribution in [0.25, 0.3) is 17.0 Å². The smallest absolute Gasteiger partial charge is 0.267 e. The molecule has 35 heavy (non-hydrogen) atoms. The van der Waals surface area contributed by atoms with Crippen LogP contribution in [-0.4, -0.2) is 32.1 Å². The van der Waals surface area contributed by atoms with Gasteiger partial charge >= 0.3 is 0 Å². The Balaban J connectivity index is 1.40. The molecule has 1 aliphatic carbocycles. The van der Waals surface area contributed by atoms with E-state index in [1.54, 1.807) is 11.6 Å². The third-order valence-corrected chi connectivity index (χ3v) is 6.92. The highest BCUT2D eigenvalue weighted by Gasteiger charge is 2.28. The predicted molar refractivity (Wildman–Crippen MR) is 134 cm³/mol. The zero-order valence-corrected chi connectivity index (χ0v) is 19.7. The summed E-state index contributed by atoms with van der Waals surface area (Å²) in [6, 6.07) is 18.2. The Hall–Kier alpha value is -3.68. The first-order valence-electron chi connectivity index (χ1n) is 11.9. The van der Waals surface area contributed by atoms with Gasteiger partial charge in [0.15, 0.2) is 5.95 Å². The van der Waals surface area contributed by atoms with E-state index < -0.39 is 5.91 Å². The number of fused-ring (bicyclic) bond motifs is 2. The molecule has 1 amide bonds. The van der Waals surface area contributed by atoms with Crippen LogP contribution in [0.1, 0.15) is 40.4 Å². The Morgan fingerprint density at radius 1 is 1.26 bits per heavy atom. The van der Waals surface area contributed by atoms with Gasteiger partial charge in [-0.2, -0.15) is 4.39 Å². The van der Waals surface area contributed by atoms with Crippen LogP contribution in [0.4, 0.5) is 4.39 Å². The fraction of sp³-hybridized carbons (Fsp3) is 0.250. The Labute approximate surface area is 203 Å². The van der Waals surface area contributed by atoms with Gasteiger partial charge in [0.25, 0.3) is 5.91 Å². The molecule has 0 bridgehead atoms. The average Bonchev–Trinajstić information content (AvgIpc) is 3.57. The van der Waals surface area contributed by atoms with Gasteiger partial charge in [-0.25, -0.2) is 5.48 Å². The Morgan fingerprint density at radius 2 is 2.11 bits per heavy atom. The van der Waals surface area contributed by atoms with Gasteiger partial charge in [0.05, 0.1) is 0 Å². The summed E-state index contributed by atoms with van der Waals surface area (Å²) >= 11 is 0. The van der Waals surface area contributed by atoms with Crippen molar-refractivity contribution in [2.45, 2.75) is 31.8 Å². The van der Waals surface area contributed by atoms with Crippen LogP contribution in [0.3, 0.4) is 0 Å². The third-order valence-electron chi connectivity index (χ3n) is 6.92. The van der Waals surface area contributed by atoms with Crippen LogP contribution < -0.4 is 5.48 Å². The van der Waals surface area contributed by atoms with E-state index in [-0.39, 0.29) is 12.0 Å². The maximum atomic E-state index is 13.7. The molecule has 0 spiro atoms. The number of hydrogen-bond acceptors (Lipinski definition) is 3. The number of halogens is 1. The first kappa shape index (κ1) is 23.1. The number of hydrogen-bond donors (Lipinski definition) is 3. The number of carbonyl (C=O) groups excluding carboxylic acids is 1. The molecule has 0 saturated heterocycles. The maximum Gasteiger partial charge on any atom is 0.267 e. The van der Waals surface area contributed by atoms with Gasteiger partial charge in [0, 0.05) is 55.0 Å². The molecule has 5 rings (SSSR count). The number of aromatic nitrogens is 2. The minimum atomic E-state index is -0.554. The quantitative estimate of drug-likeness (QED) is 0.194. The molecule has 180 valence electrons. The molecule has 2 heterocycles. The lowest BCUT2D eigenvalue weighted by molar-refractivity contribution is -0.124. The van der Waals surface area contributed by atoms with Gasteiger partial charge in [-0.15, -0.1) is 0 Å². The van der Waals surface area contributed by atoms with Gasteiger partial charge < -0.3 is 9.55 Å². The summed E-state index contributed by atoms with van der Waals surface area (Å²) in [4.78, 5) is 16.6. The van der Waals surface area contributed by atoms with Gasteiger partial charge in [-0.1, -0.05) is 36.4 Å². The number of nitrogens with zero attached hydrogens (tertiary/aromatic N) is 2. The van der Waals surface area contributed by atoms with Crippen molar-refractivity contribution in [1.29, 1.82) is 0 Å². The van der Waals surface area contributed by atoms with Crippen molar-refractivity contribution in [2.24, 2.45) is 7.05 Å². The fourth-order valence-corrected chi connectivity index (χ4v) is 5.26. The standard InChI is InChI=1S/C28H29FN4O2/c1-32-17-21(23-4-2-3-5-25(23)32)14-15-33(18-22-9-12-27(29)30-22)26-11-8-20-16-19(6-10-24(20)26)7-13-28(34)31-35/h2-7,9-10,12-13,16-17,26,30,35H,8,11,14-15,18H2,1H3,(H,31,34)/b13-7+. The number of nitrogens with one attached hydrogen (secondary N) is 2. The minimum absolute atomic E-state index is 0.227. The fourth-order valence-electron chi connectivity index (χ4n) is 5.26. The van der Waals surface area contributed by atoms with Crippen molar-refractivity contribution in [2.75, 3.05) is 6.54 Å². The number of H-pyrrole nitrogens is 1. The molecule has 3 N–H and O–H groups in total. The molecular formula is C28H29FN4O2. The van der Waals surface area contributed by atoms with E-state index in [4.69, 9.17) is 5.21 Å². The summed E-state index contributed by atoms with van der Waals surface area (Å²) in [6.45, 7) is 1.48. The van der Waals surface area contributed by atoms with Crippen molar-refractivity contribution < 1.29 is 14.4 Å². The first-order chi connectivity index (χ1) is 17.0. The Morgan fingerprint density at radius 3 is 2.91 bits per heavy atom. The van der Waals surface area contributed by atoms with Gasteiger partial charge in [-0.3, -0.25) is 14.9 Å². The second-order valence-corrected chi connectivity index (χ2v) is 9.16. The number of carbonyl (C=O) groups is 1. The Kier molecular flexibility index (Phi) is 6.53. The van der Waals surface area contributed by atoms with Crippen molar-refractivity contribution in [3.8, 4) is 0 Å². The van der Waals surface area contributed by atoms with Crippen molar-refractivity contribution >= 4 is 22.9 Å². The molecule has 2 aromatic carbocycles. The summed E-state index contributed by atoms with van der Waals surface area (Å²) < 4.78 is 15.9. The zero-order valence-electron chi connectivity index (χ0n) is 19.7. The molecule has 1 unspecified atom stereocenters. The lowest BCUT2D eigenvalue weighted by Crippen LogP contribution is -2.29. The molecule has 7 heteroatoms. The van der Waals surface area contributed by atoms with Gasteiger partial charge in [0.2, 0.25) is 0 Å². The molecule has 0 saturated carbocycles. The van der Waals surface area contributed by atoms with E-state index in [1.165, 1.54) is 39.7 Å². The van der Waals surface area contributed by atoms with Crippen molar-refractivity contribution in [3.05, 3.63) is 101 Å². The van der Waals surface area contributed by atoms with Crippen molar-refractivity contribution in [1.82, 2.24) is 19.9 Å². The van der Waals surface area contributed by atoms with Crippen LogP contribution >= 0.6 is 0 Å². The lowest BCUT2D eigenvalue weighted by atomic mass is 10.0. The number of rotatable bonds is 8. The van der Waals surface area contributed by atoms with E-state index in [2.05, 4.69) is 64.1 Å². The van der Waals surface area contributed by atoms with E-state index in [1.807, 2.05) is 12.1 Å². The second-order valence-electron chi connectivity index (χ2n) is 9.16. The summed E-state index contributed by atoms with van der Waals surface area (Å²) in [5.41, 5.74) is 8.46. The summed E-state index contributed by atoms with van der Waals surface area (Å²) in [5, 5.41) is 9.97. The second kappa shape index (κ2) is 9.90. The largest absolute Gasteiger partial charge is 0.350 e. The molecule has 1 atom stereocenters. The third kappa shape index (κ3) is 4.92. The minimum Gasteiger partial charge on any atom is -0.350 e. The molecular weight excluding hydrogens is 443 g/mol. The number of aryl methyl sites for hydroxylation is 2. The monoisotopic (exact) mass is 472 g/mol. The number of aromatic amines is 1. The molecule has 6 nitrogen and oxygen atoms in total. The SMILES string of the molecule is Cn1cc(CCN(Cc2ccc(F)[nH]2)C2CCc3cc(/C=C/C(=O)NO)ccc32)c2ccccc21. The highest BCUT2D eigenvalue weighted by atomic mass is 19.1. The van der Waals surface area contributed by atoms with Crippen LogP contribution in [0, 0.1) is 5.95 Å². The summed E-state index contributed by atoms with van der Waals surface area (Å²) in [5.74, 6) is -0.870. The highest BCUT2D eigenvalue weighted by Crippen LogP contribution is 2.37. The number of para-hydroxylation sites is 1. The predicted octanol–water partition coefficient (Wildman–Crippen LogP) is 4.90. The number of hydroxylamine groups is 1. The molecule has 0 radical (unpaired) electrons. The zero-order chi connectivity index (χ0) is 24.4. The van der Waals surface area contributed by atoms with E-state index >= 15 is 0 Å². The van der Waals surface area contributed by atoms with E-state index in [9.17, 15) is 9.18 Å². The molecule has 1 aliphatic rings. The van der Waals surface area contributed by atoms with Gasteiger partial charge in [0.1, 0.15) is 0 Å². The summed E-state index contributed by atoms with van der Waals surface area (Å²) in [7, 11) is 2.08. The van der Waals surface area contributed by atoms with E-state index in [0.717, 1.165) is 37.1 Å². The van der Waals surface area contributed by atoms with Crippen LogP contribution in [0.2, 0.25) is 0 Å².